The van der Waals surface area contributed by atoms with Crippen molar-refractivity contribution in [3.05, 3.63) is 11.6 Å². The van der Waals surface area contributed by atoms with Crippen molar-refractivity contribution < 1.29 is 9.22 Å². The van der Waals surface area contributed by atoms with Crippen LogP contribution in [0.1, 0.15) is 46.0 Å². The van der Waals surface area contributed by atoms with Crippen molar-refractivity contribution >= 4 is 14.1 Å². The molecule has 0 bridgehead atoms. The average Bonchev–Trinajstić information content (AvgIpc) is 2.26. The topological polar surface area (TPSA) is 26.3 Å². The lowest BCUT2D eigenvalue weighted by Gasteiger charge is -2.49. The van der Waals surface area contributed by atoms with Crippen molar-refractivity contribution in [2.45, 2.75) is 71.7 Å². The third-order valence-electron chi connectivity index (χ3n) is 4.75. The van der Waals surface area contributed by atoms with Crippen LogP contribution < -0.4 is 0 Å². The highest BCUT2D eigenvalue weighted by atomic mass is 28.4. The second-order valence-corrected chi connectivity index (χ2v) is 12.0. The van der Waals surface area contributed by atoms with Gasteiger partial charge in [-0.3, -0.25) is 4.79 Å². The molecule has 0 aromatic rings. The molecule has 3 atom stereocenters. The van der Waals surface area contributed by atoms with E-state index in [4.69, 9.17) is 4.43 Å². The number of hydrogen-bond donors (Lipinski definition) is 0. The summed E-state index contributed by atoms with van der Waals surface area (Å²) in [4.78, 5) is 11.7. The summed E-state index contributed by atoms with van der Waals surface area (Å²) in [6.45, 7) is 10.9. The lowest BCUT2D eigenvalue weighted by molar-refractivity contribution is -0.114. The van der Waals surface area contributed by atoms with Gasteiger partial charge in [-0.1, -0.05) is 19.4 Å². The van der Waals surface area contributed by atoms with Crippen molar-refractivity contribution in [2.24, 2.45) is 11.3 Å². The highest BCUT2D eigenvalue weighted by molar-refractivity contribution is 6.69. The molecule has 2 aliphatic rings. The number of carbonyl (C=O) groups excluding carboxylic acids is 1. The maximum atomic E-state index is 11.7. The highest BCUT2D eigenvalue weighted by Gasteiger charge is 2.44. The molecule has 0 saturated heterocycles. The lowest BCUT2D eigenvalue weighted by Crippen LogP contribution is -2.46. The highest BCUT2D eigenvalue weighted by Crippen LogP contribution is 2.50. The smallest absolute Gasteiger partial charge is 0.184 e. The monoisotopic (exact) mass is 280 g/mol. The van der Waals surface area contributed by atoms with Crippen LogP contribution in [0.4, 0.5) is 0 Å². The van der Waals surface area contributed by atoms with Crippen LogP contribution in [0.3, 0.4) is 0 Å². The van der Waals surface area contributed by atoms with Crippen LogP contribution >= 0.6 is 0 Å². The van der Waals surface area contributed by atoms with E-state index in [1.807, 2.05) is 0 Å². The van der Waals surface area contributed by atoms with Gasteiger partial charge in [0.05, 0.1) is 6.10 Å². The Bertz CT molecular complexity index is 394. The Balaban J connectivity index is 2.26. The zero-order valence-corrected chi connectivity index (χ0v) is 14.1. The number of rotatable bonds is 3. The Morgan fingerprint density at radius 3 is 2.63 bits per heavy atom. The molecule has 0 unspecified atom stereocenters. The molecular formula is C16H28O2Si. The molecule has 0 aromatic heterocycles. The maximum absolute atomic E-state index is 11.7. The van der Waals surface area contributed by atoms with Crippen LogP contribution in [0, 0.1) is 11.3 Å². The van der Waals surface area contributed by atoms with Crippen molar-refractivity contribution in [1.82, 2.24) is 0 Å². The van der Waals surface area contributed by atoms with Crippen LogP contribution in [0.5, 0.6) is 0 Å². The molecule has 0 radical (unpaired) electrons. The third kappa shape index (κ3) is 3.37. The Hall–Kier alpha value is -0.413. The summed E-state index contributed by atoms with van der Waals surface area (Å²) in [7, 11) is -1.52. The third-order valence-corrected chi connectivity index (χ3v) is 5.76. The SMILES string of the molecule is CC(=O)C1=C[C@@H]2[C@H](O[Si](C)(C)C)CCC[C@@]2(C)CC1. The summed E-state index contributed by atoms with van der Waals surface area (Å²) < 4.78 is 6.42. The van der Waals surface area contributed by atoms with Crippen molar-refractivity contribution in [2.75, 3.05) is 0 Å². The molecule has 2 aliphatic carbocycles. The molecule has 0 N–H and O–H groups in total. The molecule has 0 heterocycles. The van der Waals surface area contributed by atoms with E-state index in [2.05, 4.69) is 32.6 Å². The first-order chi connectivity index (χ1) is 8.71. The van der Waals surface area contributed by atoms with E-state index in [0.29, 0.717) is 17.4 Å². The van der Waals surface area contributed by atoms with E-state index in [1.165, 1.54) is 12.8 Å². The summed E-state index contributed by atoms with van der Waals surface area (Å²) in [6, 6.07) is 0. The van der Waals surface area contributed by atoms with Crippen LogP contribution in [-0.4, -0.2) is 20.2 Å². The molecular weight excluding hydrogens is 252 g/mol. The second-order valence-electron chi connectivity index (χ2n) is 7.59. The summed E-state index contributed by atoms with van der Waals surface area (Å²) in [5.74, 6) is 0.694. The van der Waals surface area contributed by atoms with E-state index < -0.39 is 8.32 Å². The van der Waals surface area contributed by atoms with E-state index in [9.17, 15) is 4.79 Å². The second kappa shape index (κ2) is 5.17. The zero-order chi connectivity index (χ0) is 14.3. The molecule has 3 heteroatoms. The summed E-state index contributed by atoms with van der Waals surface area (Å²) in [5, 5.41) is 0. The maximum Gasteiger partial charge on any atom is 0.184 e. The van der Waals surface area contributed by atoms with E-state index in [1.54, 1.807) is 6.92 Å². The number of Topliss-reactive ketones (excluding diaryl/α,β-unsaturated/α-hetero) is 1. The van der Waals surface area contributed by atoms with Gasteiger partial charge in [-0.15, -0.1) is 0 Å². The number of carbonyl (C=O) groups is 1. The fourth-order valence-corrected chi connectivity index (χ4v) is 4.88. The largest absolute Gasteiger partial charge is 0.414 e. The minimum absolute atomic E-state index is 0.249. The lowest BCUT2D eigenvalue weighted by atomic mass is 9.60. The van der Waals surface area contributed by atoms with Gasteiger partial charge in [0.2, 0.25) is 0 Å². The van der Waals surface area contributed by atoms with Gasteiger partial charge in [-0.05, 0) is 63.2 Å². The molecule has 2 rings (SSSR count). The average molecular weight is 280 g/mol. The molecule has 108 valence electrons. The Labute approximate surface area is 118 Å². The van der Waals surface area contributed by atoms with E-state index in [-0.39, 0.29) is 5.78 Å². The Morgan fingerprint density at radius 1 is 1.37 bits per heavy atom. The van der Waals surface area contributed by atoms with E-state index in [0.717, 1.165) is 24.8 Å². The molecule has 0 aliphatic heterocycles. The minimum atomic E-state index is -1.52. The van der Waals surface area contributed by atoms with Crippen LogP contribution in [0.25, 0.3) is 0 Å². The fourth-order valence-electron chi connectivity index (χ4n) is 3.70. The standard InChI is InChI=1S/C16H28O2Si/c1-12(17)13-8-10-16(2)9-6-7-15(14(16)11-13)18-19(3,4)5/h11,14-15H,6-10H2,1-5H3/t14-,15-,16+/m1/s1. The van der Waals surface area contributed by atoms with Gasteiger partial charge < -0.3 is 4.43 Å². The first kappa shape index (κ1) is 15.0. The zero-order valence-electron chi connectivity index (χ0n) is 13.1. The first-order valence-corrected chi connectivity index (χ1v) is 11.0. The van der Waals surface area contributed by atoms with Crippen LogP contribution in [0.2, 0.25) is 19.6 Å². The molecule has 0 spiro atoms. The molecule has 2 nitrogen and oxygen atoms in total. The summed E-state index contributed by atoms with van der Waals surface area (Å²) in [6.07, 6.45) is 8.41. The van der Waals surface area contributed by atoms with Gasteiger partial charge >= 0.3 is 0 Å². The van der Waals surface area contributed by atoms with Crippen LogP contribution in [-0.2, 0) is 9.22 Å². The fraction of sp³-hybridized carbons (Fsp3) is 0.812. The summed E-state index contributed by atoms with van der Waals surface area (Å²) >= 11 is 0. The number of hydrogen-bond acceptors (Lipinski definition) is 2. The van der Waals surface area contributed by atoms with E-state index >= 15 is 0 Å². The number of allylic oxidation sites excluding steroid dienone is 1. The molecule has 0 amide bonds. The van der Waals surface area contributed by atoms with Gasteiger partial charge in [-0.2, -0.15) is 0 Å². The van der Waals surface area contributed by atoms with Crippen molar-refractivity contribution in [1.29, 1.82) is 0 Å². The van der Waals surface area contributed by atoms with Gasteiger partial charge in [-0.25, -0.2) is 0 Å². The molecule has 1 saturated carbocycles. The minimum Gasteiger partial charge on any atom is -0.414 e. The van der Waals surface area contributed by atoms with Gasteiger partial charge in [0.25, 0.3) is 0 Å². The predicted molar refractivity (Wildman–Crippen MR) is 81.7 cm³/mol. The Morgan fingerprint density at radius 2 is 2.05 bits per heavy atom. The molecule has 1 fully saturated rings. The molecule has 19 heavy (non-hydrogen) atoms. The summed E-state index contributed by atoms with van der Waals surface area (Å²) in [5.41, 5.74) is 1.38. The number of ketones is 1. The number of fused-ring (bicyclic) bond motifs is 1. The van der Waals surface area contributed by atoms with Gasteiger partial charge in [0.15, 0.2) is 14.1 Å². The van der Waals surface area contributed by atoms with Crippen molar-refractivity contribution in [3.8, 4) is 0 Å². The van der Waals surface area contributed by atoms with Gasteiger partial charge in [0, 0.05) is 5.92 Å². The van der Waals surface area contributed by atoms with Gasteiger partial charge in [0.1, 0.15) is 0 Å². The normalized spacial score (nSPS) is 35.5. The predicted octanol–water partition coefficient (Wildman–Crippen LogP) is 4.32. The Kier molecular flexibility index (Phi) is 4.08. The molecule has 0 aromatic carbocycles. The van der Waals surface area contributed by atoms with Crippen LogP contribution in [0.15, 0.2) is 11.6 Å². The van der Waals surface area contributed by atoms with Crippen molar-refractivity contribution in [3.63, 3.8) is 0 Å². The quantitative estimate of drug-likeness (QED) is 0.720. The first-order valence-electron chi connectivity index (χ1n) is 7.61.